The van der Waals surface area contributed by atoms with Crippen LogP contribution in [-0.4, -0.2) is 69.5 Å². The Morgan fingerprint density at radius 3 is 2.22 bits per heavy atom. The Hall–Kier alpha value is -5.10. The van der Waals surface area contributed by atoms with E-state index in [1.165, 1.54) is 7.11 Å². The summed E-state index contributed by atoms with van der Waals surface area (Å²) in [6.07, 6.45) is 2.20. The molecule has 1 aliphatic carbocycles. The number of fused-ring (bicyclic) bond motifs is 1. The van der Waals surface area contributed by atoms with Crippen LogP contribution >= 0.6 is 0 Å². The Balaban J connectivity index is 1.41. The molecule has 4 atom stereocenters. The van der Waals surface area contributed by atoms with E-state index in [0.29, 0.717) is 6.42 Å². The second-order valence-corrected chi connectivity index (χ2v) is 14.1. The highest BCUT2D eigenvalue weighted by Crippen LogP contribution is 2.32. The lowest BCUT2D eigenvalue weighted by Gasteiger charge is -2.35. The van der Waals surface area contributed by atoms with Crippen molar-refractivity contribution in [2.24, 2.45) is 5.41 Å². The summed E-state index contributed by atoms with van der Waals surface area (Å²) in [5.74, 6) is -1.11. The molecule has 5 N–H and O–H groups in total. The number of carbonyl (C=O) groups excluding carboxylic acids is 3. The van der Waals surface area contributed by atoms with E-state index in [1.807, 2.05) is 112 Å². The first-order valence-electron chi connectivity index (χ1n) is 17.1. The van der Waals surface area contributed by atoms with Gasteiger partial charge >= 0.3 is 6.09 Å². The average Bonchev–Trinajstić information content (AvgIpc) is 3.44. The van der Waals surface area contributed by atoms with Crippen LogP contribution in [0.1, 0.15) is 55.5 Å². The Morgan fingerprint density at radius 2 is 1.55 bits per heavy atom. The van der Waals surface area contributed by atoms with Crippen molar-refractivity contribution in [3.05, 3.63) is 126 Å². The molecular formula is C40H47N5O6. The molecule has 11 heteroatoms. The maximum absolute atomic E-state index is 14.1. The van der Waals surface area contributed by atoms with Crippen LogP contribution in [0.15, 0.2) is 103 Å². The number of aliphatic hydroxyl groups is 2. The number of carbonyl (C=O) groups is 3. The SMILES string of the molecule is COC(=O)N[C@H](C(=O)NN(CC[C@@](O)(Cc1ccccc1)C(=O)NC1c2ccccc2C[C@H]1O)Cc1ccc(-c2ccncc2)cc1)C(C)(C)C. The summed E-state index contributed by atoms with van der Waals surface area (Å²) >= 11 is 0. The van der Waals surface area contributed by atoms with Gasteiger partial charge in [0.1, 0.15) is 11.6 Å². The number of hydrogen-bond donors (Lipinski definition) is 5. The summed E-state index contributed by atoms with van der Waals surface area (Å²) in [4.78, 5) is 44.2. The molecular weight excluding hydrogens is 646 g/mol. The number of nitrogens with one attached hydrogen (secondary N) is 3. The first-order valence-corrected chi connectivity index (χ1v) is 17.1. The van der Waals surface area contributed by atoms with Crippen LogP contribution < -0.4 is 16.1 Å². The molecule has 0 aliphatic heterocycles. The number of ether oxygens (including phenoxy) is 1. The number of aliphatic hydroxyl groups excluding tert-OH is 1. The molecule has 268 valence electrons. The summed E-state index contributed by atoms with van der Waals surface area (Å²) in [6.45, 7) is 5.78. The van der Waals surface area contributed by atoms with Crippen LogP contribution in [0.4, 0.5) is 4.79 Å². The van der Waals surface area contributed by atoms with E-state index in [4.69, 9.17) is 4.74 Å². The zero-order valence-electron chi connectivity index (χ0n) is 29.5. The van der Waals surface area contributed by atoms with Gasteiger partial charge < -0.3 is 25.6 Å². The Labute approximate surface area is 299 Å². The normalized spacial score (nSPS) is 17.2. The van der Waals surface area contributed by atoms with Crippen molar-refractivity contribution < 1.29 is 29.3 Å². The number of amides is 3. The van der Waals surface area contributed by atoms with Crippen LogP contribution in [0.3, 0.4) is 0 Å². The number of aromatic nitrogens is 1. The minimum atomic E-state index is -1.92. The van der Waals surface area contributed by atoms with Gasteiger partial charge in [0, 0.05) is 44.7 Å². The molecule has 0 saturated heterocycles. The summed E-state index contributed by atoms with van der Waals surface area (Å²) in [6, 6.07) is 26.8. The highest BCUT2D eigenvalue weighted by Gasteiger charge is 2.41. The monoisotopic (exact) mass is 693 g/mol. The molecule has 0 radical (unpaired) electrons. The van der Waals surface area contributed by atoms with Crippen molar-refractivity contribution in [1.29, 1.82) is 0 Å². The van der Waals surface area contributed by atoms with Gasteiger partial charge in [-0.25, -0.2) is 9.80 Å². The van der Waals surface area contributed by atoms with Crippen molar-refractivity contribution >= 4 is 17.9 Å². The fourth-order valence-corrected chi connectivity index (χ4v) is 6.37. The number of pyridine rings is 1. The molecule has 1 aromatic heterocycles. The first kappa shape index (κ1) is 37.2. The second kappa shape index (κ2) is 16.3. The largest absolute Gasteiger partial charge is 0.453 e. The maximum atomic E-state index is 14.1. The molecule has 0 saturated carbocycles. The van der Waals surface area contributed by atoms with E-state index >= 15 is 0 Å². The van der Waals surface area contributed by atoms with Crippen LogP contribution in [0, 0.1) is 5.41 Å². The van der Waals surface area contributed by atoms with Gasteiger partial charge in [-0.3, -0.25) is 20.0 Å². The molecule has 0 bridgehead atoms. The molecule has 0 spiro atoms. The van der Waals surface area contributed by atoms with Gasteiger partial charge in [-0.15, -0.1) is 0 Å². The highest BCUT2D eigenvalue weighted by atomic mass is 16.5. The maximum Gasteiger partial charge on any atom is 0.407 e. The van der Waals surface area contributed by atoms with E-state index in [9.17, 15) is 24.6 Å². The topological polar surface area (TPSA) is 153 Å². The third kappa shape index (κ3) is 9.57. The average molecular weight is 694 g/mol. The Kier molecular flexibility index (Phi) is 11.9. The first-order chi connectivity index (χ1) is 24.4. The van der Waals surface area contributed by atoms with Gasteiger partial charge in [-0.05, 0) is 50.9 Å². The van der Waals surface area contributed by atoms with E-state index in [0.717, 1.165) is 33.4 Å². The van der Waals surface area contributed by atoms with Crippen LogP contribution in [0.25, 0.3) is 11.1 Å². The van der Waals surface area contributed by atoms with Crippen LogP contribution in [0.5, 0.6) is 0 Å². The van der Waals surface area contributed by atoms with Gasteiger partial charge in [-0.1, -0.05) is 99.6 Å². The minimum Gasteiger partial charge on any atom is -0.453 e. The van der Waals surface area contributed by atoms with Crippen molar-refractivity contribution in [3.63, 3.8) is 0 Å². The van der Waals surface area contributed by atoms with Crippen molar-refractivity contribution in [3.8, 4) is 11.1 Å². The highest BCUT2D eigenvalue weighted by molar-refractivity contribution is 5.87. The number of hydrogen-bond acceptors (Lipinski definition) is 8. The smallest absolute Gasteiger partial charge is 0.407 e. The third-order valence-electron chi connectivity index (χ3n) is 9.23. The number of alkyl carbamates (subject to hydrolysis) is 1. The predicted octanol–water partition coefficient (Wildman–Crippen LogP) is 4.49. The van der Waals surface area contributed by atoms with Gasteiger partial charge in [0.2, 0.25) is 0 Å². The van der Waals surface area contributed by atoms with Crippen molar-refractivity contribution in [2.45, 2.75) is 70.4 Å². The molecule has 5 rings (SSSR count). The van der Waals surface area contributed by atoms with E-state index < -0.39 is 47.1 Å². The second-order valence-electron chi connectivity index (χ2n) is 14.1. The third-order valence-corrected chi connectivity index (χ3v) is 9.23. The minimum absolute atomic E-state index is 0.00106. The Morgan fingerprint density at radius 1 is 0.902 bits per heavy atom. The van der Waals surface area contributed by atoms with E-state index in [-0.39, 0.29) is 25.9 Å². The van der Waals surface area contributed by atoms with Crippen LogP contribution in [0.2, 0.25) is 0 Å². The zero-order valence-corrected chi connectivity index (χ0v) is 29.5. The van der Waals surface area contributed by atoms with Gasteiger partial charge in [-0.2, -0.15) is 0 Å². The predicted molar refractivity (Wildman–Crippen MR) is 194 cm³/mol. The molecule has 11 nitrogen and oxygen atoms in total. The quantitative estimate of drug-likeness (QED) is 0.129. The zero-order chi connectivity index (χ0) is 36.6. The number of methoxy groups -OCH3 is 1. The molecule has 1 aliphatic rings. The number of nitrogens with zero attached hydrogens (tertiary/aromatic N) is 2. The summed E-state index contributed by atoms with van der Waals surface area (Å²) in [5.41, 5.74) is 5.74. The van der Waals surface area contributed by atoms with Crippen LogP contribution in [-0.2, 0) is 33.7 Å². The summed E-state index contributed by atoms with van der Waals surface area (Å²) in [7, 11) is 1.23. The number of hydrazine groups is 1. The molecule has 1 unspecified atom stereocenters. The molecule has 4 aromatic rings. The lowest BCUT2D eigenvalue weighted by Crippen LogP contribution is -2.58. The van der Waals surface area contributed by atoms with E-state index in [2.05, 4.69) is 21.0 Å². The van der Waals surface area contributed by atoms with Gasteiger partial charge in [0.15, 0.2) is 0 Å². The molecule has 1 heterocycles. The van der Waals surface area contributed by atoms with E-state index in [1.54, 1.807) is 17.4 Å². The van der Waals surface area contributed by atoms with Gasteiger partial charge in [0.25, 0.3) is 11.8 Å². The summed E-state index contributed by atoms with van der Waals surface area (Å²) in [5, 5.41) is 30.3. The van der Waals surface area contributed by atoms with Crippen molar-refractivity contribution in [2.75, 3.05) is 13.7 Å². The molecule has 51 heavy (non-hydrogen) atoms. The number of benzene rings is 3. The lowest BCUT2D eigenvalue weighted by atomic mass is 9.86. The molecule has 3 amide bonds. The number of rotatable bonds is 13. The molecule has 3 aromatic carbocycles. The van der Waals surface area contributed by atoms with Crippen molar-refractivity contribution in [1.82, 2.24) is 26.1 Å². The summed E-state index contributed by atoms with van der Waals surface area (Å²) < 4.78 is 4.79. The fourth-order valence-electron chi connectivity index (χ4n) is 6.37. The lowest BCUT2D eigenvalue weighted by molar-refractivity contribution is -0.143. The van der Waals surface area contributed by atoms with Gasteiger partial charge in [0.05, 0.1) is 19.3 Å². The fraction of sp³-hybridized carbons (Fsp3) is 0.350. The Bertz CT molecular complexity index is 1780. The standard InChI is InChI=1S/C40H47N5O6/c1-39(2,3)35(43-38(49)51-4)36(47)44-45(26-28-14-16-29(17-15-28)30-18-21-41-22-19-30)23-20-40(50,25-27-10-6-5-7-11-27)37(48)42-34-32-13-9-8-12-31(32)24-33(34)46/h5-19,21-22,33-35,46,50H,20,23-26H2,1-4H3,(H,42,48)(H,43,49)(H,44,47)/t33-,34?,35-,40-/m1/s1. The molecule has 0 fully saturated rings.